The number of benzene rings is 1. The minimum absolute atomic E-state index is 0.0258. The van der Waals surface area contributed by atoms with Crippen LogP contribution in [0.2, 0.25) is 5.02 Å². The molecule has 0 aromatic heterocycles. The number of nitrogens with zero attached hydrogens (tertiary/aromatic N) is 1. The molecule has 0 saturated heterocycles. The van der Waals surface area contributed by atoms with Crippen molar-refractivity contribution in [1.29, 1.82) is 0 Å². The first kappa shape index (κ1) is 15.8. The van der Waals surface area contributed by atoms with Gasteiger partial charge in [0.2, 0.25) is 0 Å². The first-order valence-corrected chi connectivity index (χ1v) is 7.50. The lowest BCUT2D eigenvalue weighted by Gasteiger charge is -2.16. The number of hydrogen-bond donors (Lipinski definition) is 1. The van der Waals surface area contributed by atoms with Crippen molar-refractivity contribution in [3.63, 3.8) is 0 Å². The number of nitro benzene ring substituents is 1. The Hall–Kier alpha value is -1.27. The fraction of sp³-hybridized carbons (Fsp3) is 0.417. The van der Waals surface area contributed by atoms with Crippen LogP contribution >= 0.6 is 23.4 Å². The summed E-state index contributed by atoms with van der Waals surface area (Å²) in [5.41, 5.74) is -0.0112. The van der Waals surface area contributed by atoms with Crippen molar-refractivity contribution in [2.24, 2.45) is 0 Å². The van der Waals surface area contributed by atoms with E-state index in [1.807, 2.05) is 13.2 Å². The monoisotopic (exact) mass is 302 g/mol. The maximum Gasteiger partial charge on any atom is 0.270 e. The van der Waals surface area contributed by atoms with E-state index < -0.39 is 4.92 Å². The lowest BCUT2D eigenvalue weighted by molar-refractivity contribution is -0.384. The van der Waals surface area contributed by atoms with Gasteiger partial charge in [0, 0.05) is 23.9 Å². The van der Waals surface area contributed by atoms with Crippen LogP contribution in [0.4, 0.5) is 5.69 Å². The molecule has 19 heavy (non-hydrogen) atoms. The summed E-state index contributed by atoms with van der Waals surface area (Å²) in [7, 11) is 0. The zero-order valence-electron chi connectivity index (χ0n) is 10.7. The molecule has 0 saturated carbocycles. The Kier molecular flexibility index (Phi) is 6.11. The number of thioether (sulfide) groups is 1. The number of carbonyl (C=O) groups is 1. The topological polar surface area (TPSA) is 72.2 Å². The van der Waals surface area contributed by atoms with Crippen molar-refractivity contribution in [3.8, 4) is 0 Å². The van der Waals surface area contributed by atoms with E-state index in [4.69, 9.17) is 11.6 Å². The second-order valence-electron chi connectivity index (χ2n) is 3.96. The van der Waals surface area contributed by atoms with Gasteiger partial charge in [-0.15, -0.1) is 0 Å². The van der Waals surface area contributed by atoms with Crippen LogP contribution in [0, 0.1) is 10.1 Å². The largest absolute Gasteiger partial charge is 0.348 e. The summed E-state index contributed by atoms with van der Waals surface area (Å²) in [4.78, 5) is 22.2. The highest BCUT2D eigenvalue weighted by molar-refractivity contribution is 7.98. The van der Waals surface area contributed by atoms with Crippen molar-refractivity contribution in [2.75, 3.05) is 12.0 Å². The van der Waals surface area contributed by atoms with Gasteiger partial charge >= 0.3 is 0 Å². The Morgan fingerprint density at radius 2 is 2.26 bits per heavy atom. The van der Waals surface area contributed by atoms with Crippen LogP contribution < -0.4 is 5.32 Å². The van der Waals surface area contributed by atoms with E-state index in [1.165, 1.54) is 18.2 Å². The van der Waals surface area contributed by atoms with Crippen LogP contribution in [0.3, 0.4) is 0 Å². The van der Waals surface area contributed by atoms with E-state index in [1.54, 1.807) is 11.8 Å². The number of amides is 1. The molecule has 0 aliphatic heterocycles. The molecule has 1 amide bonds. The number of halogens is 1. The molecule has 7 heteroatoms. The average molecular weight is 303 g/mol. The summed E-state index contributed by atoms with van der Waals surface area (Å²) >= 11 is 7.54. The number of non-ortho nitro benzene ring substituents is 1. The number of hydrogen-bond acceptors (Lipinski definition) is 4. The predicted octanol–water partition coefficient (Wildman–Crippen LogP) is 3.12. The molecule has 1 aromatic rings. The number of nitrogens with one attached hydrogen (secondary N) is 1. The Morgan fingerprint density at radius 3 is 2.79 bits per heavy atom. The van der Waals surface area contributed by atoms with Crippen LogP contribution in [-0.2, 0) is 0 Å². The van der Waals surface area contributed by atoms with E-state index in [0.717, 1.165) is 12.2 Å². The maximum atomic E-state index is 12.1. The van der Waals surface area contributed by atoms with Gasteiger partial charge in [0.15, 0.2) is 0 Å². The summed E-state index contributed by atoms with van der Waals surface area (Å²) in [6.45, 7) is 1.97. The van der Waals surface area contributed by atoms with Gasteiger partial charge < -0.3 is 5.32 Å². The predicted molar refractivity (Wildman–Crippen MR) is 78.0 cm³/mol. The number of nitro groups is 1. The van der Waals surface area contributed by atoms with Gasteiger partial charge in [0.1, 0.15) is 0 Å². The Bertz CT molecular complexity index is 482. The molecule has 0 aliphatic carbocycles. The van der Waals surface area contributed by atoms with E-state index in [9.17, 15) is 14.9 Å². The quantitative estimate of drug-likeness (QED) is 0.647. The minimum atomic E-state index is -0.549. The van der Waals surface area contributed by atoms with Crippen molar-refractivity contribution in [2.45, 2.75) is 19.4 Å². The summed E-state index contributed by atoms with van der Waals surface area (Å²) in [6.07, 6.45) is 2.74. The molecule has 0 radical (unpaired) electrons. The highest BCUT2D eigenvalue weighted by Gasteiger charge is 2.18. The summed E-state index contributed by atoms with van der Waals surface area (Å²) in [5.74, 6) is 0.406. The van der Waals surface area contributed by atoms with Crippen molar-refractivity contribution < 1.29 is 9.72 Å². The van der Waals surface area contributed by atoms with Crippen molar-refractivity contribution in [3.05, 3.63) is 38.9 Å². The van der Waals surface area contributed by atoms with E-state index in [0.29, 0.717) is 0 Å². The second kappa shape index (κ2) is 7.35. The fourth-order valence-electron chi connectivity index (χ4n) is 1.53. The molecule has 1 unspecified atom stereocenters. The molecule has 5 nitrogen and oxygen atoms in total. The van der Waals surface area contributed by atoms with Gasteiger partial charge in [0.25, 0.3) is 11.6 Å². The maximum absolute atomic E-state index is 12.1. The molecular weight excluding hydrogens is 288 g/mol. The smallest absolute Gasteiger partial charge is 0.270 e. The molecule has 0 aliphatic rings. The molecule has 0 heterocycles. The molecule has 0 bridgehead atoms. The second-order valence-corrected chi connectivity index (χ2v) is 5.27. The van der Waals surface area contributed by atoms with Gasteiger partial charge in [-0.3, -0.25) is 14.9 Å². The van der Waals surface area contributed by atoms with Crippen LogP contribution in [0.1, 0.15) is 23.7 Å². The highest BCUT2D eigenvalue weighted by Crippen LogP contribution is 2.22. The Balaban J connectivity index is 2.92. The molecule has 1 atom stereocenters. The first-order chi connectivity index (χ1) is 8.99. The third-order valence-electron chi connectivity index (χ3n) is 2.60. The fourth-order valence-corrected chi connectivity index (χ4v) is 2.45. The van der Waals surface area contributed by atoms with Gasteiger partial charge in [-0.25, -0.2) is 0 Å². The van der Waals surface area contributed by atoms with Crippen molar-refractivity contribution in [1.82, 2.24) is 5.32 Å². The lowest BCUT2D eigenvalue weighted by Crippen LogP contribution is -2.36. The molecule has 104 valence electrons. The summed E-state index contributed by atoms with van der Waals surface area (Å²) in [5, 5.41) is 13.7. The summed E-state index contributed by atoms with van der Waals surface area (Å²) in [6, 6.07) is 3.86. The lowest BCUT2D eigenvalue weighted by atomic mass is 10.1. The molecule has 1 rings (SSSR count). The third kappa shape index (κ3) is 4.40. The first-order valence-electron chi connectivity index (χ1n) is 5.73. The Labute approximate surface area is 120 Å². The molecule has 1 N–H and O–H groups in total. The summed E-state index contributed by atoms with van der Waals surface area (Å²) < 4.78 is 0. The van der Waals surface area contributed by atoms with Gasteiger partial charge in [0.05, 0.1) is 15.5 Å². The van der Waals surface area contributed by atoms with E-state index >= 15 is 0 Å². The van der Waals surface area contributed by atoms with Crippen LogP contribution in [0.15, 0.2) is 18.2 Å². The van der Waals surface area contributed by atoms with Gasteiger partial charge in [-0.2, -0.15) is 11.8 Å². The Morgan fingerprint density at radius 1 is 1.58 bits per heavy atom. The van der Waals surface area contributed by atoms with Gasteiger partial charge in [-0.1, -0.05) is 18.5 Å². The van der Waals surface area contributed by atoms with Crippen LogP contribution in [0.5, 0.6) is 0 Å². The average Bonchev–Trinajstić information content (AvgIpc) is 2.38. The number of rotatable bonds is 6. The van der Waals surface area contributed by atoms with Gasteiger partial charge in [-0.05, 0) is 18.7 Å². The minimum Gasteiger partial charge on any atom is -0.348 e. The molecular formula is C12H15ClN2O3S. The van der Waals surface area contributed by atoms with Crippen molar-refractivity contribution >= 4 is 35.0 Å². The SMILES string of the molecule is CCC(CSC)NC(=O)c1cc([N+](=O)[O-])ccc1Cl. The van der Waals surface area contributed by atoms with Crippen LogP contribution in [-0.4, -0.2) is 28.9 Å². The zero-order chi connectivity index (χ0) is 14.4. The molecule has 1 aromatic carbocycles. The van der Waals surface area contributed by atoms with E-state index in [-0.39, 0.29) is 28.2 Å². The molecule has 0 fully saturated rings. The number of carbonyl (C=O) groups excluding carboxylic acids is 1. The highest BCUT2D eigenvalue weighted by atomic mass is 35.5. The zero-order valence-corrected chi connectivity index (χ0v) is 12.3. The third-order valence-corrected chi connectivity index (χ3v) is 3.67. The van der Waals surface area contributed by atoms with E-state index in [2.05, 4.69) is 5.32 Å². The van der Waals surface area contributed by atoms with Crippen LogP contribution in [0.25, 0.3) is 0 Å². The standard InChI is InChI=1S/C12H15ClN2O3S/c1-3-8(7-19-2)14-12(16)10-6-9(15(17)18)4-5-11(10)13/h4-6,8H,3,7H2,1-2H3,(H,14,16). The molecule has 0 spiro atoms. The normalized spacial score (nSPS) is 11.9.